The van der Waals surface area contributed by atoms with E-state index in [0.717, 1.165) is 5.92 Å². The third-order valence-electron chi connectivity index (χ3n) is 1.56. The molecular weight excluding hydrogens is 144 g/mol. The lowest BCUT2D eigenvalue weighted by atomic mass is 10.00. The van der Waals surface area contributed by atoms with Crippen LogP contribution in [0.1, 0.15) is 61.3 Å². The fourth-order valence-electron chi connectivity index (χ4n) is 0.679. The third kappa shape index (κ3) is 16.4. The van der Waals surface area contributed by atoms with Crippen molar-refractivity contribution in [1.82, 2.24) is 0 Å². The van der Waals surface area contributed by atoms with Crippen LogP contribution < -0.4 is 0 Å². The van der Waals surface area contributed by atoms with Gasteiger partial charge in [-0.15, -0.1) is 0 Å². The standard InChI is InChI=1S/C8H16.2C2H6/c1-5-6-8(4)7(2)3;2*1-2/h8H,2,5-6H2,1,3-4H3;2*1-2H3. The predicted octanol–water partition coefficient (Wildman–Crippen LogP) is 5.05. The monoisotopic (exact) mass is 172 g/mol. The lowest BCUT2D eigenvalue weighted by molar-refractivity contribution is 0.603. The first-order valence-corrected chi connectivity index (χ1v) is 5.33. The molecule has 0 aliphatic rings. The van der Waals surface area contributed by atoms with Gasteiger partial charge in [0.1, 0.15) is 0 Å². The maximum atomic E-state index is 3.87. The van der Waals surface area contributed by atoms with E-state index in [1.54, 1.807) is 0 Å². The highest BCUT2D eigenvalue weighted by molar-refractivity contribution is 4.93. The highest BCUT2D eigenvalue weighted by atomic mass is 14.0. The molecule has 0 amide bonds. The molecule has 0 aliphatic carbocycles. The first-order chi connectivity index (χ1) is 5.68. The first-order valence-electron chi connectivity index (χ1n) is 5.33. The van der Waals surface area contributed by atoms with Crippen molar-refractivity contribution in [2.24, 2.45) is 5.92 Å². The van der Waals surface area contributed by atoms with Crippen LogP contribution in [0.2, 0.25) is 0 Å². The lowest BCUT2D eigenvalue weighted by Gasteiger charge is -2.06. The van der Waals surface area contributed by atoms with E-state index in [4.69, 9.17) is 0 Å². The molecule has 12 heavy (non-hydrogen) atoms. The number of hydrogen-bond acceptors (Lipinski definition) is 0. The molecule has 0 aromatic rings. The van der Waals surface area contributed by atoms with Crippen LogP contribution >= 0.6 is 0 Å². The maximum absolute atomic E-state index is 3.87. The van der Waals surface area contributed by atoms with E-state index >= 15 is 0 Å². The molecule has 0 fully saturated rings. The Morgan fingerprint density at radius 3 is 1.58 bits per heavy atom. The van der Waals surface area contributed by atoms with Crippen molar-refractivity contribution in [2.75, 3.05) is 0 Å². The molecule has 1 unspecified atom stereocenters. The van der Waals surface area contributed by atoms with Crippen molar-refractivity contribution in [3.8, 4) is 0 Å². The van der Waals surface area contributed by atoms with Crippen LogP contribution in [0.25, 0.3) is 0 Å². The van der Waals surface area contributed by atoms with Crippen LogP contribution in [0.3, 0.4) is 0 Å². The van der Waals surface area contributed by atoms with Crippen LogP contribution in [-0.2, 0) is 0 Å². The normalized spacial score (nSPS) is 9.92. The van der Waals surface area contributed by atoms with E-state index < -0.39 is 0 Å². The lowest BCUT2D eigenvalue weighted by Crippen LogP contribution is -1.92. The van der Waals surface area contributed by atoms with E-state index in [2.05, 4.69) is 27.4 Å². The fourth-order valence-corrected chi connectivity index (χ4v) is 0.679. The van der Waals surface area contributed by atoms with Gasteiger partial charge in [-0.2, -0.15) is 0 Å². The van der Waals surface area contributed by atoms with Gasteiger partial charge in [0, 0.05) is 0 Å². The second kappa shape index (κ2) is 17.0. The summed E-state index contributed by atoms with van der Waals surface area (Å²) in [6, 6.07) is 0. The minimum atomic E-state index is 0.722. The molecule has 0 aromatic heterocycles. The van der Waals surface area contributed by atoms with E-state index in [-0.39, 0.29) is 0 Å². The van der Waals surface area contributed by atoms with E-state index in [9.17, 15) is 0 Å². The van der Waals surface area contributed by atoms with Gasteiger partial charge in [0.25, 0.3) is 0 Å². The van der Waals surface area contributed by atoms with Gasteiger partial charge in [-0.1, -0.05) is 60.1 Å². The van der Waals surface area contributed by atoms with Gasteiger partial charge in [0.15, 0.2) is 0 Å². The molecule has 0 rings (SSSR count). The first kappa shape index (κ1) is 17.7. The molecule has 0 nitrogen and oxygen atoms in total. The molecule has 0 aromatic carbocycles. The predicted molar refractivity (Wildman–Crippen MR) is 61.6 cm³/mol. The fraction of sp³-hybridized carbons (Fsp3) is 0.833. The largest absolute Gasteiger partial charge is 0.0999 e. The summed E-state index contributed by atoms with van der Waals surface area (Å²) < 4.78 is 0. The van der Waals surface area contributed by atoms with E-state index in [1.807, 2.05) is 27.7 Å². The highest BCUT2D eigenvalue weighted by Crippen LogP contribution is 2.12. The molecule has 0 N–H and O–H groups in total. The van der Waals surface area contributed by atoms with Crippen molar-refractivity contribution < 1.29 is 0 Å². The zero-order chi connectivity index (χ0) is 10.6. The van der Waals surface area contributed by atoms with Gasteiger partial charge in [0.2, 0.25) is 0 Å². The van der Waals surface area contributed by atoms with Crippen molar-refractivity contribution >= 4 is 0 Å². The molecule has 0 radical (unpaired) electrons. The Labute approximate surface area is 80.1 Å². The average Bonchev–Trinajstić information content (AvgIpc) is 2.12. The van der Waals surface area contributed by atoms with Crippen LogP contribution in [0, 0.1) is 5.92 Å². The molecule has 0 saturated heterocycles. The van der Waals surface area contributed by atoms with Crippen molar-refractivity contribution in [3.05, 3.63) is 12.2 Å². The second-order valence-corrected chi connectivity index (χ2v) is 2.54. The number of rotatable bonds is 3. The van der Waals surface area contributed by atoms with Gasteiger partial charge in [-0.3, -0.25) is 0 Å². The van der Waals surface area contributed by atoms with Gasteiger partial charge in [0.05, 0.1) is 0 Å². The van der Waals surface area contributed by atoms with E-state index in [0.29, 0.717) is 0 Å². The Balaban J connectivity index is -0.000000175. The average molecular weight is 172 g/mol. The van der Waals surface area contributed by atoms with Crippen molar-refractivity contribution in [2.45, 2.75) is 61.3 Å². The molecule has 0 aliphatic heterocycles. The molecule has 1 atom stereocenters. The minimum absolute atomic E-state index is 0.722. The second-order valence-electron chi connectivity index (χ2n) is 2.54. The Morgan fingerprint density at radius 1 is 1.17 bits per heavy atom. The van der Waals surface area contributed by atoms with Gasteiger partial charge >= 0.3 is 0 Å². The molecule has 0 saturated carbocycles. The van der Waals surface area contributed by atoms with Crippen LogP contribution in [-0.4, -0.2) is 0 Å². The summed E-state index contributed by atoms with van der Waals surface area (Å²) in [7, 11) is 0. The summed E-state index contributed by atoms with van der Waals surface area (Å²) in [5.41, 5.74) is 1.31. The molecular formula is C12H28. The zero-order valence-electron chi connectivity index (χ0n) is 10.2. The van der Waals surface area contributed by atoms with Gasteiger partial charge in [-0.05, 0) is 19.3 Å². The molecule has 0 heterocycles. The molecule has 0 heteroatoms. The van der Waals surface area contributed by atoms with Gasteiger partial charge < -0.3 is 0 Å². The molecule has 0 bridgehead atoms. The van der Waals surface area contributed by atoms with Crippen molar-refractivity contribution in [1.29, 1.82) is 0 Å². The third-order valence-corrected chi connectivity index (χ3v) is 1.56. The summed E-state index contributed by atoms with van der Waals surface area (Å²) in [6.07, 6.45) is 2.56. The van der Waals surface area contributed by atoms with Crippen LogP contribution in [0.15, 0.2) is 12.2 Å². The number of hydrogen-bond donors (Lipinski definition) is 0. The van der Waals surface area contributed by atoms with Crippen LogP contribution in [0.4, 0.5) is 0 Å². The topological polar surface area (TPSA) is 0 Å². The van der Waals surface area contributed by atoms with E-state index in [1.165, 1.54) is 18.4 Å². The minimum Gasteiger partial charge on any atom is -0.0999 e. The van der Waals surface area contributed by atoms with Crippen LogP contribution in [0.5, 0.6) is 0 Å². The Kier molecular flexibility index (Phi) is 25.1. The Hall–Kier alpha value is -0.260. The molecule has 76 valence electrons. The quantitative estimate of drug-likeness (QED) is 0.522. The zero-order valence-corrected chi connectivity index (χ0v) is 10.2. The smallest absolute Gasteiger partial charge is 0.0237 e. The Morgan fingerprint density at radius 2 is 1.50 bits per heavy atom. The summed E-state index contributed by atoms with van der Waals surface area (Å²) in [5, 5.41) is 0. The summed E-state index contributed by atoms with van der Waals surface area (Å²) in [6.45, 7) is 18.4. The summed E-state index contributed by atoms with van der Waals surface area (Å²) in [5.74, 6) is 0.722. The summed E-state index contributed by atoms with van der Waals surface area (Å²) >= 11 is 0. The maximum Gasteiger partial charge on any atom is -0.0237 e. The number of allylic oxidation sites excluding steroid dienone is 1. The SMILES string of the molecule is C=C(C)C(C)CCC.CC.CC. The highest BCUT2D eigenvalue weighted by Gasteiger charge is 1.97. The summed E-state index contributed by atoms with van der Waals surface area (Å²) in [4.78, 5) is 0. The Bertz CT molecular complexity index is 72.1. The molecule has 0 spiro atoms. The van der Waals surface area contributed by atoms with Gasteiger partial charge in [-0.25, -0.2) is 0 Å². The van der Waals surface area contributed by atoms with Crippen molar-refractivity contribution in [3.63, 3.8) is 0 Å².